The maximum atomic E-state index is 6.00. The van der Waals surface area contributed by atoms with Crippen molar-refractivity contribution in [3.8, 4) is 5.75 Å². The summed E-state index contributed by atoms with van der Waals surface area (Å²) in [5.74, 6) is 1.47. The van der Waals surface area contributed by atoms with Crippen LogP contribution in [0.3, 0.4) is 0 Å². The van der Waals surface area contributed by atoms with Gasteiger partial charge < -0.3 is 10.5 Å². The highest BCUT2D eigenvalue weighted by molar-refractivity contribution is 5.37. The van der Waals surface area contributed by atoms with E-state index in [4.69, 9.17) is 10.5 Å². The molecule has 2 N–H and O–H groups in total. The number of benzene rings is 1. The van der Waals surface area contributed by atoms with E-state index in [0.717, 1.165) is 25.2 Å². The van der Waals surface area contributed by atoms with Crippen molar-refractivity contribution in [2.24, 2.45) is 5.73 Å². The molecule has 1 aromatic rings. The zero-order chi connectivity index (χ0) is 9.97. The Morgan fingerprint density at radius 1 is 1.43 bits per heavy atom. The average molecular weight is 191 g/mol. The fraction of sp³-hybridized carbons (Fsp3) is 0.500. The van der Waals surface area contributed by atoms with E-state index >= 15 is 0 Å². The minimum atomic E-state index is 0.206. The van der Waals surface area contributed by atoms with E-state index in [9.17, 15) is 0 Å². The van der Waals surface area contributed by atoms with Crippen molar-refractivity contribution in [1.82, 2.24) is 0 Å². The molecule has 1 aliphatic rings. The summed E-state index contributed by atoms with van der Waals surface area (Å²) in [4.78, 5) is 0. The number of nitrogens with two attached hydrogens (primary N) is 1. The monoisotopic (exact) mass is 191 g/mol. The minimum Gasteiger partial charge on any atom is -0.493 e. The quantitative estimate of drug-likeness (QED) is 0.739. The van der Waals surface area contributed by atoms with Gasteiger partial charge in [-0.3, -0.25) is 0 Å². The summed E-state index contributed by atoms with van der Waals surface area (Å²) in [5, 5.41) is 0. The molecule has 0 fully saturated rings. The van der Waals surface area contributed by atoms with E-state index < -0.39 is 0 Å². The summed E-state index contributed by atoms with van der Waals surface area (Å²) in [7, 11) is 0. The third kappa shape index (κ3) is 1.75. The Labute approximate surface area is 85.1 Å². The molecule has 0 bridgehead atoms. The van der Waals surface area contributed by atoms with Crippen molar-refractivity contribution in [3.63, 3.8) is 0 Å². The molecule has 2 rings (SSSR count). The lowest BCUT2D eigenvalue weighted by molar-refractivity contribution is 0.315. The van der Waals surface area contributed by atoms with Gasteiger partial charge in [-0.1, -0.05) is 18.2 Å². The van der Waals surface area contributed by atoms with E-state index in [-0.39, 0.29) is 6.04 Å². The summed E-state index contributed by atoms with van der Waals surface area (Å²) in [6.07, 6.45) is 2.23. The number of para-hydroxylation sites is 1. The molecule has 14 heavy (non-hydrogen) atoms. The van der Waals surface area contributed by atoms with Crippen LogP contribution < -0.4 is 10.5 Å². The zero-order valence-corrected chi connectivity index (χ0v) is 8.57. The number of rotatable bonds is 1. The number of fused-ring (bicyclic) bond motifs is 1. The smallest absolute Gasteiger partial charge is 0.122 e. The van der Waals surface area contributed by atoms with Gasteiger partial charge in [-0.25, -0.2) is 0 Å². The first-order valence-electron chi connectivity index (χ1n) is 5.26. The van der Waals surface area contributed by atoms with E-state index in [0.29, 0.717) is 5.92 Å². The molecule has 1 aliphatic heterocycles. The molecule has 0 amide bonds. The van der Waals surface area contributed by atoms with Crippen molar-refractivity contribution in [3.05, 3.63) is 29.8 Å². The van der Waals surface area contributed by atoms with Crippen LogP contribution in [0.5, 0.6) is 5.75 Å². The van der Waals surface area contributed by atoms with Gasteiger partial charge >= 0.3 is 0 Å². The normalized spacial score (nSPS) is 23.1. The predicted molar refractivity (Wildman–Crippen MR) is 57.6 cm³/mol. The molecule has 2 nitrogen and oxygen atoms in total. The van der Waals surface area contributed by atoms with E-state index in [2.05, 4.69) is 19.1 Å². The maximum Gasteiger partial charge on any atom is 0.122 e. The molecule has 1 heterocycles. The zero-order valence-electron chi connectivity index (χ0n) is 8.57. The average Bonchev–Trinajstić information content (AvgIpc) is 2.39. The number of ether oxygens (including phenoxy) is 1. The highest BCUT2D eigenvalue weighted by atomic mass is 16.5. The van der Waals surface area contributed by atoms with Crippen LogP contribution >= 0.6 is 0 Å². The van der Waals surface area contributed by atoms with Crippen LogP contribution in [0.2, 0.25) is 0 Å². The van der Waals surface area contributed by atoms with Gasteiger partial charge in [-0.2, -0.15) is 0 Å². The van der Waals surface area contributed by atoms with Crippen molar-refractivity contribution >= 4 is 0 Å². The molecule has 0 aromatic heterocycles. The first kappa shape index (κ1) is 9.53. The van der Waals surface area contributed by atoms with Crippen LogP contribution in [0.4, 0.5) is 0 Å². The van der Waals surface area contributed by atoms with E-state index in [1.54, 1.807) is 0 Å². The van der Waals surface area contributed by atoms with E-state index in [1.165, 1.54) is 5.56 Å². The molecule has 76 valence electrons. The Bertz CT molecular complexity index is 309. The lowest BCUT2D eigenvalue weighted by Gasteiger charge is -2.19. The van der Waals surface area contributed by atoms with Gasteiger partial charge in [0, 0.05) is 12.0 Å². The number of hydrogen-bond acceptors (Lipinski definition) is 2. The topological polar surface area (TPSA) is 35.2 Å². The second kappa shape index (κ2) is 4.01. The maximum absolute atomic E-state index is 6.00. The Kier molecular flexibility index (Phi) is 2.73. The molecule has 0 radical (unpaired) electrons. The Balaban J connectivity index is 2.37. The fourth-order valence-electron chi connectivity index (χ4n) is 2.11. The van der Waals surface area contributed by atoms with Gasteiger partial charge in [0.15, 0.2) is 0 Å². The summed E-state index contributed by atoms with van der Waals surface area (Å²) in [5.41, 5.74) is 7.27. The lowest BCUT2D eigenvalue weighted by Crippen LogP contribution is -2.24. The van der Waals surface area contributed by atoms with Crippen molar-refractivity contribution in [2.45, 2.75) is 31.7 Å². The largest absolute Gasteiger partial charge is 0.493 e. The SMILES string of the molecule is CC(N)C1CCCOc2ccccc21. The third-order valence-corrected chi connectivity index (χ3v) is 2.87. The predicted octanol–water partition coefficient (Wildman–Crippen LogP) is 2.29. The van der Waals surface area contributed by atoms with Gasteiger partial charge in [0.05, 0.1) is 6.61 Å². The highest BCUT2D eigenvalue weighted by Crippen LogP contribution is 2.34. The van der Waals surface area contributed by atoms with Crippen LogP contribution in [0.15, 0.2) is 24.3 Å². The van der Waals surface area contributed by atoms with Crippen molar-refractivity contribution in [1.29, 1.82) is 0 Å². The highest BCUT2D eigenvalue weighted by Gasteiger charge is 2.21. The molecule has 2 unspecified atom stereocenters. The van der Waals surface area contributed by atoms with Crippen LogP contribution in [0.1, 0.15) is 31.2 Å². The molecule has 0 spiro atoms. The van der Waals surface area contributed by atoms with E-state index in [1.807, 2.05) is 12.1 Å². The summed E-state index contributed by atoms with van der Waals surface area (Å²) in [6.45, 7) is 2.90. The molecule has 0 saturated carbocycles. The molecular formula is C12H17NO. The van der Waals surface area contributed by atoms with Gasteiger partial charge in [-0.15, -0.1) is 0 Å². The van der Waals surface area contributed by atoms with Crippen LogP contribution in [0.25, 0.3) is 0 Å². The summed E-state index contributed by atoms with van der Waals surface area (Å²) in [6, 6.07) is 8.45. The molecule has 1 aromatic carbocycles. The van der Waals surface area contributed by atoms with Crippen molar-refractivity contribution < 1.29 is 4.74 Å². The Morgan fingerprint density at radius 2 is 2.21 bits per heavy atom. The third-order valence-electron chi connectivity index (χ3n) is 2.87. The Hall–Kier alpha value is -1.02. The fourth-order valence-corrected chi connectivity index (χ4v) is 2.11. The van der Waals surface area contributed by atoms with Gasteiger partial charge in [0.2, 0.25) is 0 Å². The molecule has 2 atom stereocenters. The van der Waals surface area contributed by atoms with Gasteiger partial charge in [0.25, 0.3) is 0 Å². The minimum absolute atomic E-state index is 0.206. The summed E-state index contributed by atoms with van der Waals surface area (Å²) < 4.78 is 5.67. The van der Waals surface area contributed by atoms with Gasteiger partial charge in [-0.05, 0) is 31.4 Å². The lowest BCUT2D eigenvalue weighted by atomic mass is 9.89. The molecule has 0 aliphatic carbocycles. The van der Waals surface area contributed by atoms with Gasteiger partial charge in [0.1, 0.15) is 5.75 Å². The molecular weight excluding hydrogens is 174 g/mol. The van der Waals surface area contributed by atoms with Crippen LogP contribution in [-0.2, 0) is 0 Å². The first-order valence-corrected chi connectivity index (χ1v) is 5.26. The molecule has 0 saturated heterocycles. The second-order valence-corrected chi connectivity index (χ2v) is 3.99. The van der Waals surface area contributed by atoms with Crippen molar-refractivity contribution in [2.75, 3.05) is 6.61 Å². The molecule has 2 heteroatoms. The summed E-state index contributed by atoms with van der Waals surface area (Å²) >= 11 is 0. The second-order valence-electron chi connectivity index (χ2n) is 3.99. The standard InChI is InChI=1S/C12H17NO/c1-9(13)10-6-4-8-14-12-7-3-2-5-11(10)12/h2-3,5,7,9-10H,4,6,8,13H2,1H3. The van der Waals surface area contributed by atoms with Crippen LogP contribution in [-0.4, -0.2) is 12.6 Å². The van der Waals surface area contributed by atoms with Crippen LogP contribution in [0, 0.1) is 0 Å². The number of hydrogen-bond donors (Lipinski definition) is 1. The Morgan fingerprint density at radius 3 is 3.00 bits per heavy atom. The first-order chi connectivity index (χ1) is 6.79.